The minimum Gasteiger partial charge on any atom is -0.447 e. The van der Waals surface area contributed by atoms with Gasteiger partial charge in [-0.05, 0) is 69.0 Å². The molecule has 1 N–H and O–H groups in total. The van der Waals surface area contributed by atoms with Gasteiger partial charge in [0.15, 0.2) is 0 Å². The zero-order valence-electron chi connectivity index (χ0n) is 22.3. The van der Waals surface area contributed by atoms with Gasteiger partial charge in [0.25, 0.3) is 0 Å². The van der Waals surface area contributed by atoms with E-state index in [0.717, 1.165) is 75.7 Å². The van der Waals surface area contributed by atoms with Crippen LogP contribution in [0.1, 0.15) is 56.9 Å². The quantitative estimate of drug-likeness (QED) is 0.437. The number of ether oxygens (including phenoxy) is 4. The summed E-state index contributed by atoms with van der Waals surface area (Å²) in [5, 5.41) is 3.11. The summed E-state index contributed by atoms with van der Waals surface area (Å²) in [6, 6.07) is 5.17. The number of rotatable bonds is 6. The SMILES string of the molecule is COCCOC(=O)N1CC2(CCN(C3CCCCC(NC(=O)O[C@H]4CCOC4)C3)CC2)c2cc(F)ccc21. The lowest BCUT2D eigenvalue weighted by Gasteiger charge is -2.43. The maximum atomic E-state index is 14.4. The second-order valence-electron chi connectivity index (χ2n) is 11.1. The second-order valence-corrected chi connectivity index (χ2v) is 11.1. The molecule has 4 aliphatic rings. The van der Waals surface area contributed by atoms with Crippen LogP contribution in [0.3, 0.4) is 0 Å². The molecule has 2 amide bonds. The molecule has 2 saturated heterocycles. The Labute approximate surface area is 223 Å². The molecule has 1 aliphatic carbocycles. The third-order valence-electron chi connectivity index (χ3n) is 8.67. The fraction of sp³-hybridized carbons (Fsp3) is 0.714. The Hall–Kier alpha value is -2.43. The molecule has 9 nitrogen and oxygen atoms in total. The van der Waals surface area contributed by atoms with Crippen molar-refractivity contribution < 1.29 is 32.9 Å². The van der Waals surface area contributed by atoms with Crippen molar-refractivity contribution in [2.75, 3.05) is 58.1 Å². The van der Waals surface area contributed by atoms with Crippen molar-refractivity contribution in [1.29, 1.82) is 0 Å². The molecule has 0 radical (unpaired) electrons. The zero-order chi connectivity index (χ0) is 26.5. The van der Waals surface area contributed by atoms with Gasteiger partial charge < -0.3 is 29.2 Å². The summed E-state index contributed by atoms with van der Waals surface area (Å²) >= 11 is 0. The van der Waals surface area contributed by atoms with E-state index in [0.29, 0.717) is 32.4 Å². The Bertz CT molecular complexity index is 979. The van der Waals surface area contributed by atoms with Gasteiger partial charge in [0.1, 0.15) is 18.5 Å². The van der Waals surface area contributed by atoms with E-state index in [4.69, 9.17) is 18.9 Å². The summed E-state index contributed by atoms with van der Waals surface area (Å²) in [6.07, 6.45) is 6.69. The van der Waals surface area contributed by atoms with Crippen LogP contribution in [0.2, 0.25) is 0 Å². The number of carbonyl (C=O) groups is 2. The molecular weight excluding hydrogens is 493 g/mol. The summed E-state index contributed by atoms with van der Waals surface area (Å²) in [6.45, 7) is 3.86. The van der Waals surface area contributed by atoms with Crippen molar-refractivity contribution in [1.82, 2.24) is 10.2 Å². The van der Waals surface area contributed by atoms with E-state index in [2.05, 4.69) is 10.2 Å². The highest BCUT2D eigenvalue weighted by Crippen LogP contribution is 2.48. The monoisotopic (exact) mass is 533 g/mol. The van der Waals surface area contributed by atoms with Gasteiger partial charge in [0.2, 0.25) is 0 Å². The van der Waals surface area contributed by atoms with Crippen molar-refractivity contribution >= 4 is 17.9 Å². The van der Waals surface area contributed by atoms with Gasteiger partial charge in [-0.25, -0.2) is 14.0 Å². The first kappa shape index (κ1) is 27.1. The number of fused-ring (bicyclic) bond motifs is 2. The summed E-state index contributed by atoms with van der Waals surface area (Å²) in [4.78, 5) is 29.5. The summed E-state index contributed by atoms with van der Waals surface area (Å²) in [7, 11) is 1.56. The normalized spacial score (nSPS) is 27.1. The number of hydrogen-bond acceptors (Lipinski definition) is 7. The molecule has 3 atom stereocenters. The highest BCUT2D eigenvalue weighted by molar-refractivity contribution is 5.91. The lowest BCUT2D eigenvalue weighted by atomic mass is 9.74. The maximum Gasteiger partial charge on any atom is 0.414 e. The van der Waals surface area contributed by atoms with E-state index >= 15 is 0 Å². The van der Waals surface area contributed by atoms with Crippen LogP contribution in [0, 0.1) is 5.82 Å². The maximum absolute atomic E-state index is 14.4. The van der Waals surface area contributed by atoms with Crippen molar-refractivity contribution in [2.24, 2.45) is 0 Å². The molecule has 1 spiro atoms. The number of methoxy groups -OCH3 is 1. The molecule has 0 aromatic heterocycles. The molecule has 2 unspecified atom stereocenters. The predicted octanol–water partition coefficient (Wildman–Crippen LogP) is 3.98. The average molecular weight is 534 g/mol. The van der Waals surface area contributed by atoms with Gasteiger partial charge in [0.05, 0.1) is 25.5 Å². The molecule has 10 heteroatoms. The smallest absolute Gasteiger partial charge is 0.414 e. The van der Waals surface area contributed by atoms with E-state index < -0.39 is 6.09 Å². The van der Waals surface area contributed by atoms with Crippen LogP contribution < -0.4 is 10.2 Å². The molecule has 1 saturated carbocycles. The molecule has 3 aliphatic heterocycles. The fourth-order valence-corrected chi connectivity index (χ4v) is 6.59. The average Bonchev–Trinajstić information content (AvgIpc) is 3.45. The van der Waals surface area contributed by atoms with E-state index in [9.17, 15) is 14.0 Å². The zero-order valence-corrected chi connectivity index (χ0v) is 22.3. The number of anilines is 1. The lowest BCUT2D eigenvalue weighted by molar-refractivity contribution is 0.0765. The Morgan fingerprint density at radius 3 is 2.74 bits per heavy atom. The van der Waals surface area contributed by atoms with E-state index in [1.165, 1.54) is 6.07 Å². The van der Waals surface area contributed by atoms with Crippen LogP contribution in [-0.4, -0.2) is 88.4 Å². The van der Waals surface area contributed by atoms with Crippen LogP contribution in [0.5, 0.6) is 0 Å². The second kappa shape index (κ2) is 12.2. The van der Waals surface area contributed by atoms with Crippen LogP contribution in [0.25, 0.3) is 0 Å². The largest absolute Gasteiger partial charge is 0.447 e. The molecule has 210 valence electrons. The van der Waals surface area contributed by atoms with Crippen LogP contribution >= 0.6 is 0 Å². The Balaban J connectivity index is 1.21. The summed E-state index contributed by atoms with van der Waals surface area (Å²) < 4.78 is 35.6. The van der Waals surface area contributed by atoms with E-state index in [1.807, 2.05) is 0 Å². The number of nitrogens with zero attached hydrogens (tertiary/aromatic N) is 2. The molecule has 3 fully saturated rings. The molecule has 3 heterocycles. The van der Waals surface area contributed by atoms with Gasteiger partial charge >= 0.3 is 12.2 Å². The number of amides is 2. The number of alkyl carbamates (subject to hydrolysis) is 1. The summed E-state index contributed by atoms with van der Waals surface area (Å²) in [5.74, 6) is -0.283. The van der Waals surface area contributed by atoms with Gasteiger partial charge in [-0.1, -0.05) is 12.8 Å². The fourth-order valence-electron chi connectivity index (χ4n) is 6.59. The van der Waals surface area contributed by atoms with Crippen molar-refractivity contribution in [3.05, 3.63) is 29.6 Å². The number of carbonyl (C=O) groups excluding carboxylic acids is 2. The van der Waals surface area contributed by atoms with Crippen molar-refractivity contribution in [3.63, 3.8) is 0 Å². The molecule has 38 heavy (non-hydrogen) atoms. The number of benzene rings is 1. The van der Waals surface area contributed by atoms with Gasteiger partial charge in [-0.15, -0.1) is 0 Å². The molecular formula is C28H40FN3O6. The number of piperidine rings is 1. The minimum atomic E-state index is -0.414. The standard InChI is InChI=1S/C28H40FN3O6/c1-35-14-15-37-27(34)32-19-28(24-16-20(29)6-7-25(24)32)9-11-31(12-10-28)22-5-3-2-4-21(17-22)30-26(33)38-23-8-13-36-18-23/h6-7,16,21-23H,2-5,8-15,17-19H2,1H3,(H,30,33)/t21?,22?,23-/m0/s1. The lowest BCUT2D eigenvalue weighted by Crippen LogP contribution is -2.50. The van der Waals surface area contributed by atoms with Gasteiger partial charge in [-0.2, -0.15) is 0 Å². The number of halogens is 1. The number of nitrogens with one attached hydrogen (secondary N) is 1. The predicted molar refractivity (Wildman–Crippen MR) is 139 cm³/mol. The number of hydrogen-bond donors (Lipinski definition) is 1. The topological polar surface area (TPSA) is 89.6 Å². The third-order valence-corrected chi connectivity index (χ3v) is 8.67. The Morgan fingerprint density at radius 2 is 1.97 bits per heavy atom. The van der Waals surface area contributed by atoms with E-state index in [1.54, 1.807) is 24.1 Å². The summed E-state index contributed by atoms with van der Waals surface area (Å²) in [5.41, 5.74) is 1.36. The highest BCUT2D eigenvalue weighted by atomic mass is 19.1. The van der Waals surface area contributed by atoms with Gasteiger partial charge in [-0.3, -0.25) is 4.90 Å². The van der Waals surface area contributed by atoms with Gasteiger partial charge in [0, 0.05) is 37.6 Å². The van der Waals surface area contributed by atoms with Crippen molar-refractivity contribution in [3.8, 4) is 0 Å². The van der Waals surface area contributed by atoms with Crippen LogP contribution in [0.15, 0.2) is 18.2 Å². The first-order chi connectivity index (χ1) is 18.5. The highest BCUT2D eigenvalue weighted by Gasteiger charge is 2.48. The first-order valence-electron chi connectivity index (χ1n) is 14.0. The van der Waals surface area contributed by atoms with Crippen LogP contribution in [0.4, 0.5) is 19.7 Å². The van der Waals surface area contributed by atoms with E-state index in [-0.39, 0.29) is 36.1 Å². The molecule has 5 rings (SSSR count). The first-order valence-corrected chi connectivity index (χ1v) is 14.0. The molecule has 1 aromatic carbocycles. The van der Waals surface area contributed by atoms with Crippen LogP contribution in [-0.2, 0) is 24.4 Å². The Kier molecular flexibility index (Phi) is 8.70. The van der Waals surface area contributed by atoms with Crippen molar-refractivity contribution in [2.45, 2.75) is 75.0 Å². The Morgan fingerprint density at radius 1 is 1.16 bits per heavy atom. The molecule has 1 aromatic rings. The number of likely N-dealkylation sites (tertiary alicyclic amines) is 1. The molecule has 0 bridgehead atoms. The minimum absolute atomic E-state index is 0.0897. The third kappa shape index (κ3) is 6.07.